The first-order valence-corrected chi connectivity index (χ1v) is 11.1. The number of nitrogens with zero attached hydrogens (tertiary/aromatic N) is 3. The minimum Gasteiger partial charge on any atom is -0.324 e. The Morgan fingerprint density at radius 2 is 1.82 bits per heavy atom. The Balaban J connectivity index is 1.56. The summed E-state index contributed by atoms with van der Waals surface area (Å²) in [6.07, 6.45) is 0. The number of hydrogen-bond acceptors (Lipinski definition) is 5. The number of nitrogens with one attached hydrogen (secondary N) is 1. The quantitative estimate of drug-likeness (QED) is 0.378. The van der Waals surface area contributed by atoms with Crippen molar-refractivity contribution in [3.05, 3.63) is 76.6 Å². The van der Waals surface area contributed by atoms with Crippen molar-refractivity contribution in [1.29, 1.82) is 0 Å². The van der Waals surface area contributed by atoms with Gasteiger partial charge in [-0.25, -0.2) is 0 Å². The van der Waals surface area contributed by atoms with E-state index in [1.807, 2.05) is 76.7 Å². The number of aromatic nitrogens is 3. The first-order chi connectivity index (χ1) is 13.7. The summed E-state index contributed by atoms with van der Waals surface area (Å²) < 4.78 is 2.84. The van der Waals surface area contributed by atoms with Gasteiger partial charge in [0.05, 0.1) is 16.3 Å². The molecule has 0 aliphatic heterocycles. The lowest BCUT2D eigenvalue weighted by Gasteiger charge is -2.10. The number of carbonyl (C=O) groups excluding carboxylic acids is 1. The van der Waals surface area contributed by atoms with Crippen molar-refractivity contribution in [3.8, 4) is 16.4 Å². The predicted molar refractivity (Wildman–Crippen MR) is 118 cm³/mol. The van der Waals surface area contributed by atoms with Crippen LogP contribution in [-0.2, 0) is 4.79 Å². The third-order valence-corrected chi connectivity index (χ3v) is 6.36. The van der Waals surface area contributed by atoms with Crippen molar-refractivity contribution >= 4 is 50.6 Å². The van der Waals surface area contributed by atoms with Crippen LogP contribution in [0.25, 0.3) is 16.4 Å². The third kappa shape index (κ3) is 4.19. The second-order valence-corrected chi connectivity index (χ2v) is 8.52. The highest BCUT2D eigenvalue weighted by Crippen LogP contribution is 2.30. The first kappa shape index (κ1) is 18.9. The van der Waals surface area contributed by atoms with Crippen LogP contribution in [0.1, 0.15) is 0 Å². The van der Waals surface area contributed by atoms with Gasteiger partial charge in [0.15, 0.2) is 11.0 Å². The van der Waals surface area contributed by atoms with E-state index in [4.69, 9.17) is 0 Å². The molecule has 0 bridgehead atoms. The lowest BCUT2D eigenvalue weighted by Crippen LogP contribution is -2.14. The smallest absolute Gasteiger partial charge is 0.234 e. The van der Waals surface area contributed by atoms with Crippen LogP contribution in [0.5, 0.6) is 0 Å². The van der Waals surface area contributed by atoms with Gasteiger partial charge >= 0.3 is 0 Å². The van der Waals surface area contributed by atoms with Crippen LogP contribution in [0.2, 0.25) is 0 Å². The van der Waals surface area contributed by atoms with Crippen LogP contribution >= 0.6 is 39.0 Å². The number of rotatable bonds is 6. The van der Waals surface area contributed by atoms with E-state index in [1.165, 1.54) is 11.8 Å². The van der Waals surface area contributed by atoms with E-state index in [1.54, 1.807) is 11.3 Å². The largest absolute Gasteiger partial charge is 0.324 e. The van der Waals surface area contributed by atoms with E-state index in [9.17, 15) is 4.79 Å². The zero-order chi connectivity index (χ0) is 19.3. The zero-order valence-corrected chi connectivity index (χ0v) is 17.8. The van der Waals surface area contributed by atoms with Crippen LogP contribution < -0.4 is 5.32 Å². The number of amides is 1. The minimum atomic E-state index is -0.0998. The van der Waals surface area contributed by atoms with Gasteiger partial charge in [-0.05, 0) is 51.6 Å². The molecule has 2 aromatic carbocycles. The molecule has 0 radical (unpaired) electrons. The van der Waals surface area contributed by atoms with E-state index in [0.29, 0.717) is 5.16 Å². The Hall–Kier alpha value is -2.42. The lowest BCUT2D eigenvalue weighted by molar-refractivity contribution is -0.113. The summed E-state index contributed by atoms with van der Waals surface area (Å²) in [4.78, 5) is 13.4. The first-order valence-electron chi connectivity index (χ1n) is 8.44. The Morgan fingerprint density at radius 1 is 1.04 bits per heavy atom. The Bertz CT molecular complexity index is 1080. The number of carbonyl (C=O) groups is 1. The Labute approximate surface area is 179 Å². The summed E-state index contributed by atoms with van der Waals surface area (Å²) in [5.41, 5.74) is 1.71. The molecule has 4 aromatic rings. The van der Waals surface area contributed by atoms with Crippen LogP contribution in [0, 0.1) is 0 Å². The summed E-state index contributed by atoms with van der Waals surface area (Å²) in [6.45, 7) is 0. The molecule has 1 amide bonds. The summed E-state index contributed by atoms with van der Waals surface area (Å²) in [6, 6.07) is 21.5. The van der Waals surface area contributed by atoms with Crippen molar-refractivity contribution in [2.45, 2.75) is 5.16 Å². The normalized spacial score (nSPS) is 10.8. The fourth-order valence-corrected chi connectivity index (χ4v) is 4.45. The number of para-hydroxylation sites is 2. The fraction of sp³-hybridized carbons (Fsp3) is 0.0500. The van der Waals surface area contributed by atoms with Gasteiger partial charge < -0.3 is 5.32 Å². The van der Waals surface area contributed by atoms with Crippen molar-refractivity contribution < 1.29 is 4.79 Å². The highest BCUT2D eigenvalue weighted by molar-refractivity contribution is 9.10. The number of anilines is 1. The molecule has 0 fully saturated rings. The number of benzene rings is 2. The standard InChI is InChI=1S/C20H15BrN4OS2/c21-15-9-4-5-10-16(15)22-18(26)13-28-20-24-23-19(17-11-6-12-27-17)25(20)14-7-2-1-3-8-14/h1-12H,13H2,(H,22,26). The van der Waals surface area contributed by atoms with Gasteiger partial charge in [0.1, 0.15) is 0 Å². The van der Waals surface area contributed by atoms with E-state index >= 15 is 0 Å². The van der Waals surface area contributed by atoms with Crippen molar-refractivity contribution in [2.75, 3.05) is 11.1 Å². The molecule has 0 aliphatic rings. The average molecular weight is 471 g/mol. The number of hydrogen-bond donors (Lipinski definition) is 1. The SMILES string of the molecule is O=C(CSc1nnc(-c2cccs2)n1-c1ccccc1)Nc1ccccc1Br. The number of thioether (sulfide) groups is 1. The van der Waals surface area contributed by atoms with E-state index in [2.05, 4.69) is 31.4 Å². The molecule has 2 aromatic heterocycles. The second-order valence-electron chi connectivity index (χ2n) is 5.77. The lowest BCUT2D eigenvalue weighted by atomic mass is 10.3. The van der Waals surface area contributed by atoms with Gasteiger partial charge in [-0.1, -0.05) is 48.2 Å². The zero-order valence-electron chi connectivity index (χ0n) is 14.6. The number of thiophene rings is 1. The maximum absolute atomic E-state index is 12.4. The molecule has 0 unspecified atom stereocenters. The summed E-state index contributed by atoms with van der Waals surface area (Å²) >= 11 is 6.41. The summed E-state index contributed by atoms with van der Waals surface area (Å²) in [5.74, 6) is 0.906. The fourth-order valence-electron chi connectivity index (χ4n) is 2.62. The van der Waals surface area contributed by atoms with Gasteiger partial charge in [0.2, 0.25) is 5.91 Å². The summed E-state index contributed by atoms with van der Waals surface area (Å²) in [7, 11) is 0. The van der Waals surface area contributed by atoms with Gasteiger partial charge in [-0.15, -0.1) is 21.5 Å². The Morgan fingerprint density at radius 3 is 2.57 bits per heavy atom. The molecule has 5 nitrogen and oxygen atoms in total. The van der Waals surface area contributed by atoms with Crippen LogP contribution in [0.3, 0.4) is 0 Å². The molecule has 4 rings (SSSR count). The molecular weight excluding hydrogens is 456 g/mol. The monoisotopic (exact) mass is 470 g/mol. The van der Waals surface area contributed by atoms with Crippen molar-refractivity contribution in [1.82, 2.24) is 14.8 Å². The predicted octanol–water partition coefficient (Wildman–Crippen LogP) is 5.49. The van der Waals surface area contributed by atoms with Gasteiger partial charge in [0.25, 0.3) is 0 Å². The molecule has 0 saturated carbocycles. The van der Waals surface area contributed by atoms with Crippen molar-refractivity contribution in [3.63, 3.8) is 0 Å². The molecule has 0 atom stereocenters. The van der Waals surface area contributed by atoms with E-state index in [-0.39, 0.29) is 11.7 Å². The highest BCUT2D eigenvalue weighted by Gasteiger charge is 2.18. The summed E-state index contributed by atoms with van der Waals surface area (Å²) in [5, 5.41) is 14.3. The Kier molecular flexibility index (Phi) is 5.90. The van der Waals surface area contributed by atoms with Gasteiger partial charge in [-0.3, -0.25) is 9.36 Å². The molecule has 8 heteroatoms. The molecule has 2 heterocycles. The maximum Gasteiger partial charge on any atom is 0.234 e. The molecule has 1 N–H and O–H groups in total. The molecule has 28 heavy (non-hydrogen) atoms. The average Bonchev–Trinajstić information content (AvgIpc) is 3.38. The van der Waals surface area contributed by atoms with Crippen molar-refractivity contribution in [2.24, 2.45) is 0 Å². The van der Waals surface area contributed by atoms with Crippen LogP contribution in [0.4, 0.5) is 5.69 Å². The van der Waals surface area contributed by atoms with E-state index in [0.717, 1.165) is 26.5 Å². The molecule has 140 valence electrons. The minimum absolute atomic E-state index is 0.0998. The topological polar surface area (TPSA) is 59.8 Å². The molecule has 0 saturated heterocycles. The van der Waals surface area contributed by atoms with Gasteiger partial charge in [0, 0.05) is 10.2 Å². The molecule has 0 aliphatic carbocycles. The van der Waals surface area contributed by atoms with E-state index < -0.39 is 0 Å². The van der Waals surface area contributed by atoms with Crippen LogP contribution in [-0.4, -0.2) is 26.4 Å². The van der Waals surface area contributed by atoms with Gasteiger partial charge in [-0.2, -0.15) is 0 Å². The molecular formula is C20H15BrN4OS2. The maximum atomic E-state index is 12.4. The van der Waals surface area contributed by atoms with Crippen LogP contribution in [0.15, 0.2) is 81.7 Å². The highest BCUT2D eigenvalue weighted by atomic mass is 79.9. The third-order valence-electron chi connectivity index (χ3n) is 3.87. The second kappa shape index (κ2) is 8.72. The number of halogens is 1. The molecule has 0 spiro atoms.